The highest BCUT2D eigenvalue weighted by molar-refractivity contribution is 5.74. The van der Waals surface area contributed by atoms with E-state index in [1.165, 1.54) is 12.3 Å². The van der Waals surface area contributed by atoms with E-state index in [0.717, 1.165) is 17.0 Å². The highest BCUT2D eigenvalue weighted by atomic mass is 16.5. The van der Waals surface area contributed by atoms with Crippen LogP contribution >= 0.6 is 0 Å². The average Bonchev–Trinajstić information content (AvgIpc) is 2.71. The Hall–Kier alpha value is -2.39. The monoisotopic (exact) mass is 229 g/mol. The lowest BCUT2D eigenvalue weighted by Gasteiger charge is -2.04. The molecule has 2 rings (SSSR count). The van der Waals surface area contributed by atoms with Gasteiger partial charge in [0.05, 0.1) is 19.0 Å². The molecule has 1 aromatic carbocycles. The van der Waals surface area contributed by atoms with E-state index >= 15 is 0 Å². The van der Waals surface area contributed by atoms with Crippen LogP contribution in [0.15, 0.2) is 35.5 Å². The molecule has 0 unspecified atom stereocenters. The molecular formula is C12H11N3O2. The summed E-state index contributed by atoms with van der Waals surface area (Å²) in [4.78, 5) is 13.9. The number of aliphatic imine (C=N–C) groups is 1. The van der Waals surface area contributed by atoms with E-state index in [0.29, 0.717) is 5.69 Å². The van der Waals surface area contributed by atoms with Crippen LogP contribution in [0.5, 0.6) is 5.75 Å². The molecule has 0 aliphatic heterocycles. The van der Waals surface area contributed by atoms with E-state index in [-0.39, 0.29) is 0 Å². The first-order chi connectivity index (χ1) is 8.26. The summed E-state index contributed by atoms with van der Waals surface area (Å²) in [6, 6.07) is 7.47. The Balaban J connectivity index is 2.51. The molecule has 5 nitrogen and oxygen atoms in total. The van der Waals surface area contributed by atoms with Gasteiger partial charge in [-0.05, 0) is 24.3 Å². The molecule has 1 aromatic heterocycles. The van der Waals surface area contributed by atoms with Gasteiger partial charge in [-0.3, -0.25) is 4.68 Å². The Labute approximate surface area is 98.4 Å². The predicted molar refractivity (Wildman–Crippen MR) is 63.0 cm³/mol. The molecule has 0 amide bonds. The van der Waals surface area contributed by atoms with Crippen molar-refractivity contribution in [1.29, 1.82) is 0 Å². The number of rotatable bonds is 3. The largest absolute Gasteiger partial charge is 0.497 e. The van der Waals surface area contributed by atoms with E-state index in [4.69, 9.17) is 4.74 Å². The standard InChI is InChI=1S/C12H11N3O2/c1-15-12(11(7-14-15)13-8-16)9-3-5-10(17-2)6-4-9/h3-7H,1-2H3. The molecule has 1 heterocycles. The van der Waals surface area contributed by atoms with Crippen LogP contribution in [0.3, 0.4) is 0 Å². The number of isocyanates is 1. The number of aryl methyl sites for hydroxylation is 1. The summed E-state index contributed by atoms with van der Waals surface area (Å²) in [7, 11) is 3.41. The molecule has 0 aliphatic rings. The van der Waals surface area contributed by atoms with Gasteiger partial charge in [0.2, 0.25) is 6.08 Å². The first kappa shape index (κ1) is 11.1. The minimum Gasteiger partial charge on any atom is -0.497 e. The smallest absolute Gasteiger partial charge is 0.240 e. The summed E-state index contributed by atoms with van der Waals surface area (Å²) in [6.07, 6.45) is 3.06. The van der Waals surface area contributed by atoms with Crippen molar-refractivity contribution in [1.82, 2.24) is 9.78 Å². The summed E-state index contributed by atoms with van der Waals surface area (Å²) < 4.78 is 6.75. The Morgan fingerprint density at radius 2 is 2.06 bits per heavy atom. The second-order valence-corrected chi connectivity index (χ2v) is 3.43. The van der Waals surface area contributed by atoms with E-state index < -0.39 is 0 Å². The summed E-state index contributed by atoms with van der Waals surface area (Å²) in [5, 5.41) is 4.07. The molecule has 0 saturated carbocycles. The van der Waals surface area contributed by atoms with Crippen molar-refractivity contribution in [3.05, 3.63) is 30.5 Å². The van der Waals surface area contributed by atoms with Crippen LogP contribution in [-0.2, 0) is 11.8 Å². The molecule has 17 heavy (non-hydrogen) atoms. The van der Waals surface area contributed by atoms with Crippen LogP contribution in [0.25, 0.3) is 11.3 Å². The fourth-order valence-corrected chi connectivity index (χ4v) is 1.64. The average molecular weight is 229 g/mol. The molecular weight excluding hydrogens is 218 g/mol. The molecule has 0 radical (unpaired) electrons. The Morgan fingerprint density at radius 1 is 1.35 bits per heavy atom. The number of hydrogen-bond donors (Lipinski definition) is 0. The lowest BCUT2D eigenvalue weighted by Crippen LogP contribution is -1.93. The maximum Gasteiger partial charge on any atom is 0.240 e. The quantitative estimate of drug-likeness (QED) is 0.598. The Kier molecular flexibility index (Phi) is 3.03. The third kappa shape index (κ3) is 2.09. The van der Waals surface area contributed by atoms with E-state index in [1.54, 1.807) is 18.8 Å². The summed E-state index contributed by atoms with van der Waals surface area (Å²) >= 11 is 0. The van der Waals surface area contributed by atoms with Crippen molar-refractivity contribution < 1.29 is 9.53 Å². The lowest BCUT2D eigenvalue weighted by molar-refractivity contribution is 0.415. The molecule has 0 aliphatic carbocycles. The van der Waals surface area contributed by atoms with Crippen LogP contribution in [0.4, 0.5) is 5.69 Å². The predicted octanol–water partition coefficient (Wildman–Crippen LogP) is 2.06. The molecule has 5 heteroatoms. The van der Waals surface area contributed by atoms with Crippen LogP contribution < -0.4 is 4.74 Å². The molecule has 0 saturated heterocycles. The van der Waals surface area contributed by atoms with E-state index in [9.17, 15) is 4.79 Å². The number of benzene rings is 1. The van der Waals surface area contributed by atoms with Gasteiger partial charge in [0.15, 0.2) is 0 Å². The number of hydrogen-bond acceptors (Lipinski definition) is 4. The summed E-state index contributed by atoms with van der Waals surface area (Å²) in [6.45, 7) is 0. The van der Waals surface area contributed by atoms with Gasteiger partial charge in [-0.25, -0.2) is 4.79 Å². The third-order valence-corrected chi connectivity index (χ3v) is 2.45. The van der Waals surface area contributed by atoms with Crippen molar-refractivity contribution in [2.45, 2.75) is 0 Å². The van der Waals surface area contributed by atoms with Crippen molar-refractivity contribution in [3.63, 3.8) is 0 Å². The first-order valence-electron chi connectivity index (χ1n) is 5.00. The minimum atomic E-state index is 0.507. The maximum atomic E-state index is 10.3. The Morgan fingerprint density at radius 3 is 2.65 bits per heavy atom. The highest BCUT2D eigenvalue weighted by Gasteiger charge is 2.10. The van der Waals surface area contributed by atoms with Gasteiger partial charge >= 0.3 is 0 Å². The molecule has 0 fully saturated rings. The topological polar surface area (TPSA) is 56.5 Å². The molecule has 0 N–H and O–H groups in total. The number of aromatic nitrogens is 2. The maximum absolute atomic E-state index is 10.3. The fourth-order valence-electron chi connectivity index (χ4n) is 1.64. The van der Waals surface area contributed by atoms with Crippen LogP contribution in [-0.4, -0.2) is 23.0 Å². The first-order valence-corrected chi connectivity index (χ1v) is 5.00. The lowest BCUT2D eigenvalue weighted by atomic mass is 10.1. The SMILES string of the molecule is COc1ccc(-c2c(N=C=O)cnn2C)cc1. The van der Waals surface area contributed by atoms with Crippen LogP contribution in [0.2, 0.25) is 0 Å². The van der Waals surface area contributed by atoms with Gasteiger partial charge in [-0.15, -0.1) is 0 Å². The number of ether oxygens (including phenoxy) is 1. The highest BCUT2D eigenvalue weighted by Crippen LogP contribution is 2.30. The zero-order valence-electron chi connectivity index (χ0n) is 9.54. The fraction of sp³-hybridized carbons (Fsp3) is 0.167. The third-order valence-electron chi connectivity index (χ3n) is 2.45. The van der Waals surface area contributed by atoms with Gasteiger partial charge in [0.1, 0.15) is 11.4 Å². The van der Waals surface area contributed by atoms with Crippen molar-refractivity contribution in [2.24, 2.45) is 12.0 Å². The molecule has 86 valence electrons. The molecule has 2 aromatic rings. The van der Waals surface area contributed by atoms with E-state index in [2.05, 4.69) is 10.1 Å². The molecule has 0 spiro atoms. The van der Waals surface area contributed by atoms with Gasteiger partial charge in [0, 0.05) is 12.6 Å². The normalized spacial score (nSPS) is 9.76. The van der Waals surface area contributed by atoms with Gasteiger partial charge in [-0.2, -0.15) is 10.1 Å². The zero-order valence-corrected chi connectivity index (χ0v) is 9.54. The second kappa shape index (κ2) is 4.63. The zero-order chi connectivity index (χ0) is 12.3. The molecule has 0 atom stereocenters. The number of nitrogens with zero attached hydrogens (tertiary/aromatic N) is 3. The van der Waals surface area contributed by atoms with Crippen molar-refractivity contribution in [2.75, 3.05) is 7.11 Å². The summed E-state index contributed by atoms with van der Waals surface area (Å²) in [5.41, 5.74) is 2.20. The second-order valence-electron chi connectivity index (χ2n) is 3.43. The van der Waals surface area contributed by atoms with Crippen molar-refractivity contribution >= 4 is 11.8 Å². The van der Waals surface area contributed by atoms with E-state index in [1.807, 2.05) is 24.3 Å². The van der Waals surface area contributed by atoms with Gasteiger partial charge in [-0.1, -0.05) is 0 Å². The minimum absolute atomic E-state index is 0.507. The number of carbonyl (C=O) groups excluding carboxylic acids is 1. The van der Waals surface area contributed by atoms with Crippen LogP contribution in [0, 0.1) is 0 Å². The number of methoxy groups -OCH3 is 1. The van der Waals surface area contributed by atoms with Gasteiger partial charge < -0.3 is 4.74 Å². The molecule has 0 bridgehead atoms. The Bertz CT molecular complexity index is 566. The summed E-state index contributed by atoms with van der Waals surface area (Å²) in [5.74, 6) is 0.774. The van der Waals surface area contributed by atoms with Crippen molar-refractivity contribution in [3.8, 4) is 17.0 Å². The van der Waals surface area contributed by atoms with Gasteiger partial charge in [0.25, 0.3) is 0 Å². The van der Waals surface area contributed by atoms with Crippen LogP contribution in [0.1, 0.15) is 0 Å².